The summed E-state index contributed by atoms with van der Waals surface area (Å²) < 4.78 is 1.57. The first-order valence-corrected chi connectivity index (χ1v) is 12.4. The SMILES string of the molecule is CCCC(=O)Nc1ccc(C(=O)C(C)Sc2nc3sccc3c(=O)n2-c2ccccc2)cc1. The van der Waals surface area contributed by atoms with Crippen molar-refractivity contribution in [2.24, 2.45) is 0 Å². The van der Waals surface area contributed by atoms with E-state index in [1.807, 2.05) is 49.6 Å². The second kappa shape index (κ2) is 10.1. The molecule has 0 aliphatic carbocycles. The number of aromatic nitrogens is 2. The Hall–Kier alpha value is -3.23. The fourth-order valence-electron chi connectivity index (χ4n) is 3.39. The molecular formula is C25H23N3O3S2. The molecule has 4 aromatic rings. The van der Waals surface area contributed by atoms with Crippen LogP contribution in [0.1, 0.15) is 37.0 Å². The molecule has 33 heavy (non-hydrogen) atoms. The third-order valence-corrected chi connectivity index (χ3v) is 6.92. The zero-order valence-electron chi connectivity index (χ0n) is 18.3. The van der Waals surface area contributed by atoms with Gasteiger partial charge in [0.05, 0.1) is 16.3 Å². The normalized spacial score (nSPS) is 11.9. The number of amides is 1. The number of fused-ring (bicyclic) bond motifs is 1. The topological polar surface area (TPSA) is 81.1 Å². The molecule has 0 spiro atoms. The number of thioether (sulfide) groups is 1. The minimum Gasteiger partial charge on any atom is -0.326 e. The number of hydrogen-bond donors (Lipinski definition) is 1. The van der Waals surface area contributed by atoms with Crippen LogP contribution in [-0.2, 0) is 4.79 Å². The van der Waals surface area contributed by atoms with E-state index in [-0.39, 0.29) is 17.2 Å². The van der Waals surface area contributed by atoms with E-state index in [4.69, 9.17) is 4.98 Å². The lowest BCUT2D eigenvalue weighted by atomic mass is 10.1. The number of benzene rings is 2. The van der Waals surface area contributed by atoms with Crippen molar-refractivity contribution in [1.82, 2.24) is 9.55 Å². The van der Waals surface area contributed by atoms with Crippen LogP contribution in [0.25, 0.3) is 15.9 Å². The molecule has 0 fully saturated rings. The van der Waals surface area contributed by atoms with Crippen molar-refractivity contribution < 1.29 is 9.59 Å². The Balaban J connectivity index is 1.60. The monoisotopic (exact) mass is 477 g/mol. The highest BCUT2D eigenvalue weighted by Gasteiger charge is 2.22. The highest BCUT2D eigenvalue weighted by molar-refractivity contribution is 8.00. The van der Waals surface area contributed by atoms with Gasteiger partial charge in [0.15, 0.2) is 10.9 Å². The molecule has 1 amide bonds. The van der Waals surface area contributed by atoms with Crippen molar-refractivity contribution in [2.75, 3.05) is 5.32 Å². The van der Waals surface area contributed by atoms with Crippen LogP contribution in [0.15, 0.2) is 76.0 Å². The Bertz CT molecular complexity index is 1350. The maximum atomic E-state index is 13.2. The largest absolute Gasteiger partial charge is 0.326 e. The molecule has 0 radical (unpaired) electrons. The van der Waals surface area contributed by atoms with Crippen molar-refractivity contribution in [2.45, 2.75) is 37.1 Å². The zero-order chi connectivity index (χ0) is 23.4. The average molecular weight is 478 g/mol. The van der Waals surface area contributed by atoms with Crippen LogP contribution < -0.4 is 10.9 Å². The molecule has 2 aromatic heterocycles. The number of carbonyl (C=O) groups is 2. The van der Waals surface area contributed by atoms with Crippen LogP contribution in [0.4, 0.5) is 5.69 Å². The van der Waals surface area contributed by atoms with Gasteiger partial charge in [-0.25, -0.2) is 4.98 Å². The molecule has 1 unspecified atom stereocenters. The van der Waals surface area contributed by atoms with Crippen molar-refractivity contribution in [1.29, 1.82) is 0 Å². The van der Waals surface area contributed by atoms with Gasteiger partial charge in [-0.2, -0.15) is 0 Å². The Morgan fingerprint density at radius 3 is 2.52 bits per heavy atom. The molecule has 8 heteroatoms. The van der Waals surface area contributed by atoms with Gasteiger partial charge < -0.3 is 5.32 Å². The Morgan fingerprint density at radius 1 is 1.09 bits per heavy atom. The van der Waals surface area contributed by atoms with Gasteiger partial charge in [0, 0.05) is 17.7 Å². The predicted octanol–water partition coefficient (Wildman–Crippen LogP) is 5.55. The van der Waals surface area contributed by atoms with Gasteiger partial charge in [-0.05, 0) is 61.2 Å². The summed E-state index contributed by atoms with van der Waals surface area (Å²) in [6.45, 7) is 3.76. The maximum absolute atomic E-state index is 13.2. The number of nitrogens with zero attached hydrogens (tertiary/aromatic N) is 2. The van der Waals surface area contributed by atoms with Gasteiger partial charge in [0.1, 0.15) is 4.83 Å². The summed E-state index contributed by atoms with van der Waals surface area (Å²) in [5.41, 5.74) is 1.75. The lowest BCUT2D eigenvalue weighted by molar-refractivity contribution is -0.116. The summed E-state index contributed by atoms with van der Waals surface area (Å²) in [4.78, 5) is 43.4. The van der Waals surface area contributed by atoms with E-state index in [1.165, 1.54) is 23.1 Å². The number of carbonyl (C=O) groups excluding carboxylic acids is 2. The van der Waals surface area contributed by atoms with Gasteiger partial charge in [0.25, 0.3) is 5.56 Å². The number of anilines is 1. The van der Waals surface area contributed by atoms with Crippen molar-refractivity contribution in [3.8, 4) is 5.69 Å². The summed E-state index contributed by atoms with van der Waals surface area (Å²) in [5.74, 6) is -0.124. The second-order valence-electron chi connectivity index (χ2n) is 7.51. The first kappa shape index (κ1) is 22.9. The van der Waals surface area contributed by atoms with E-state index >= 15 is 0 Å². The number of nitrogens with one attached hydrogen (secondary N) is 1. The van der Waals surface area contributed by atoms with E-state index in [2.05, 4.69) is 5.32 Å². The Kier molecular flexibility index (Phi) is 7.05. The van der Waals surface area contributed by atoms with E-state index < -0.39 is 5.25 Å². The fourth-order valence-corrected chi connectivity index (χ4v) is 5.20. The Labute approximate surface area is 199 Å². The van der Waals surface area contributed by atoms with Crippen LogP contribution in [-0.4, -0.2) is 26.5 Å². The van der Waals surface area contributed by atoms with Crippen molar-refractivity contribution in [3.63, 3.8) is 0 Å². The standard InChI is InChI=1S/C25H23N3O3S2/c1-3-7-21(29)26-18-12-10-17(11-13-18)22(30)16(2)33-25-27-23-20(14-15-32-23)24(31)28(25)19-8-5-4-6-9-19/h4-6,8-16H,3,7H2,1-2H3,(H,26,29). The third kappa shape index (κ3) is 5.07. The van der Waals surface area contributed by atoms with E-state index in [9.17, 15) is 14.4 Å². The van der Waals surface area contributed by atoms with Gasteiger partial charge in [-0.3, -0.25) is 19.0 Å². The molecule has 4 rings (SSSR count). The number of hydrogen-bond acceptors (Lipinski definition) is 6. The molecule has 6 nitrogen and oxygen atoms in total. The minimum atomic E-state index is -0.468. The number of Topliss-reactive ketones (excluding diaryl/α,β-unsaturated/α-hetero) is 1. The van der Waals surface area contributed by atoms with Crippen LogP contribution in [0, 0.1) is 0 Å². The summed E-state index contributed by atoms with van der Waals surface area (Å²) in [7, 11) is 0. The van der Waals surface area contributed by atoms with Crippen molar-refractivity contribution in [3.05, 3.63) is 82.0 Å². The predicted molar refractivity (Wildman–Crippen MR) is 135 cm³/mol. The quantitative estimate of drug-likeness (QED) is 0.204. The third-order valence-electron chi connectivity index (χ3n) is 5.06. The Morgan fingerprint density at radius 2 is 1.82 bits per heavy atom. The van der Waals surface area contributed by atoms with Crippen LogP contribution in [0.3, 0.4) is 0 Å². The summed E-state index contributed by atoms with van der Waals surface area (Å²) in [5, 5.41) is 5.24. The fraction of sp³-hybridized carbons (Fsp3) is 0.200. The molecular weight excluding hydrogens is 454 g/mol. The van der Waals surface area contributed by atoms with Crippen LogP contribution in [0.5, 0.6) is 0 Å². The van der Waals surface area contributed by atoms with Crippen molar-refractivity contribution >= 4 is 50.7 Å². The second-order valence-corrected chi connectivity index (χ2v) is 9.71. The molecule has 168 valence electrons. The summed E-state index contributed by atoms with van der Waals surface area (Å²) >= 11 is 2.67. The highest BCUT2D eigenvalue weighted by atomic mass is 32.2. The zero-order valence-corrected chi connectivity index (χ0v) is 19.9. The van der Waals surface area contributed by atoms with Gasteiger partial charge >= 0.3 is 0 Å². The average Bonchev–Trinajstić information content (AvgIpc) is 3.29. The van der Waals surface area contributed by atoms with E-state index in [0.29, 0.717) is 38.7 Å². The first-order valence-electron chi connectivity index (χ1n) is 10.6. The molecule has 0 aliphatic rings. The van der Waals surface area contributed by atoms with E-state index in [1.54, 1.807) is 34.9 Å². The lowest BCUT2D eigenvalue weighted by Crippen LogP contribution is -2.23. The summed E-state index contributed by atoms with van der Waals surface area (Å²) in [6, 6.07) is 18.0. The molecule has 1 atom stereocenters. The molecule has 0 bridgehead atoms. The van der Waals surface area contributed by atoms with E-state index in [0.717, 1.165) is 6.42 Å². The smallest absolute Gasteiger partial charge is 0.267 e. The minimum absolute atomic E-state index is 0.0468. The van der Waals surface area contributed by atoms with Gasteiger partial charge in [-0.1, -0.05) is 36.9 Å². The number of ketones is 1. The number of para-hydroxylation sites is 1. The van der Waals surface area contributed by atoms with Crippen LogP contribution in [0.2, 0.25) is 0 Å². The lowest BCUT2D eigenvalue weighted by Gasteiger charge is -2.15. The molecule has 0 saturated carbocycles. The first-order chi connectivity index (χ1) is 16.0. The van der Waals surface area contributed by atoms with Gasteiger partial charge in [0.2, 0.25) is 5.91 Å². The molecule has 2 aromatic carbocycles. The molecule has 2 heterocycles. The summed E-state index contributed by atoms with van der Waals surface area (Å²) in [6.07, 6.45) is 1.23. The van der Waals surface area contributed by atoms with Crippen LogP contribution >= 0.6 is 23.1 Å². The molecule has 0 aliphatic heterocycles. The molecule has 0 saturated heterocycles. The van der Waals surface area contributed by atoms with Gasteiger partial charge in [-0.15, -0.1) is 11.3 Å². The number of rotatable bonds is 8. The number of thiophene rings is 1. The highest BCUT2D eigenvalue weighted by Crippen LogP contribution is 2.28. The molecule has 1 N–H and O–H groups in total. The maximum Gasteiger partial charge on any atom is 0.267 e.